The van der Waals surface area contributed by atoms with Crippen molar-refractivity contribution in [1.82, 2.24) is 0 Å². The van der Waals surface area contributed by atoms with E-state index >= 15 is 0 Å². The number of halogens is 1. The van der Waals surface area contributed by atoms with Crippen molar-refractivity contribution in [2.75, 3.05) is 0 Å². The van der Waals surface area contributed by atoms with E-state index in [1.165, 1.54) is 6.21 Å². The predicted molar refractivity (Wildman–Crippen MR) is 69.4 cm³/mol. The highest BCUT2D eigenvalue weighted by Gasteiger charge is 2.02. The molecule has 0 saturated carbocycles. The second-order valence-electron chi connectivity index (χ2n) is 3.58. The van der Waals surface area contributed by atoms with E-state index in [0.717, 1.165) is 21.7 Å². The Hall–Kier alpha value is -1.60. The molecule has 0 aliphatic rings. The minimum absolute atomic E-state index is 0.591. The van der Waals surface area contributed by atoms with Gasteiger partial charge in [0, 0.05) is 11.4 Å². The van der Waals surface area contributed by atoms with Gasteiger partial charge in [-0.25, -0.2) is 0 Å². The molecule has 1 N–H and O–H groups in total. The highest BCUT2D eigenvalue weighted by molar-refractivity contribution is 6.31. The lowest BCUT2D eigenvalue weighted by molar-refractivity contribution is 1.33. The van der Waals surface area contributed by atoms with Gasteiger partial charge in [0.1, 0.15) is 0 Å². The highest BCUT2D eigenvalue weighted by atomic mass is 35.5. The minimum atomic E-state index is 0.591. The average Bonchev–Trinajstić information content (AvgIpc) is 2.33. The Labute approximate surface area is 100 Å². The summed E-state index contributed by atoms with van der Waals surface area (Å²) in [6.45, 7) is 0. The third-order valence-electron chi connectivity index (χ3n) is 2.48. The van der Waals surface area contributed by atoms with Crippen LogP contribution in [0.3, 0.4) is 0 Å². The zero-order valence-corrected chi connectivity index (χ0v) is 9.54. The lowest BCUT2D eigenvalue weighted by Gasteiger charge is -2.05. The molecule has 2 aromatic carbocycles. The molecule has 0 aromatic heterocycles. The summed E-state index contributed by atoms with van der Waals surface area (Å²) in [5, 5.41) is 7.80. The van der Waals surface area contributed by atoms with Gasteiger partial charge in [0.15, 0.2) is 0 Å². The summed E-state index contributed by atoms with van der Waals surface area (Å²) in [5.41, 5.74) is 3.27. The van der Waals surface area contributed by atoms with Crippen LogP contribution in [0.15, 0.2) is 48.5 Å². The quantitative estimate of drug-likeness (QED) is 0.763. The topological polar surface area (TPSA) is 23.9 Å². The lowest BCUT2D eigenvalue weighted by Crippen LogP contribution is -1.87. The SMILES string of the molecule is N=CCc1ccc(-c2ccccc2)cc1Cl. The van der Waals surface area contributed by atoms with Gasteiger partial charge in [-0.15, -0.1) is 0 Å². The van der Waals surface area contributed by atoms with Gasteiger partial charge in [0.25, 0.3) is 0 Å². The molecule has 2 heteroatoms. The van der Waals surface area contributed by atoms with E-state index in [0.29, 0.717) is 6.42 Å². The Morgan fingerprint density at radius 1 is 1.00 bits per heavy atom. The standard InChI is InChI=1S/C14H12ClN/c15-14-10-13(7-6-12(14)8-9-16)11-4-2-1-3-5-11/h1-7,9-10,16H,8H2. The van der Waals surface area contributed by atoms with Gasteiger partial charge in [-0.05, 0) is 29.0 Å². The third kappa shape index (κ3) is 2.31. The van der Waals surface area contributed by atoms with Crippen molar-refractivity contribution >= 4 is 17.8 Å². The van der Waals surface area contributed by atoms with E-state index in [1.807, 2.05) is 36.4 Å². The summed E-state index contributed by atoms with van der Waals surface area (Å²) in [6, 6.07) is 16.1. The fourth-order valence-electron chi connectivity index (χ4n) is 1.63. The largest absolute Gasteiger partial charge is 0.313 e. The molecule has 16 heavy (non-hydrogen) atoms. The molecule has 0 heterocycles. The molecule has 0 atom stereocenters. The first-order valence-corrected chi connectivity index (χ1v) is 5.52. The number of hydrogen-bond acceptors (Lipinski definition) is 1. The van der Waals surface area contributed by atoms with Gasteiger partial charge in [0.2, 0.25) is 0 Å². The van der Waals surface area contributed by atoms with Gasteiger partial charge >= 0.3 is 0 Å². The van der Waals surface area contributed by atoms with E-state index in [2.05, 4.69) is 12.1 Å². The molecule has 2 aromatic rings. The van der Waals surface area contributed by atoms with Crippen LogP contribution in [0.5, 0.6) is 0 Å². The maximum Gasteiger partial charge on any atom is 0.0447 e. The van der Waals surface area contributed by atoms with Gasteiger partial charge in [-0.3, -0.25) is 0 Å². The van der Waals surface area contributed by atoms with E-state index < -0.39 is 0 Å². The average molecular weight is 230 g/mol. The Balaban J connectivity index is 2.38. The molecule has 0 aliphatic heterocycles. The van der Waals surface area contributed by atoms with Crippen LogP contribution in [0.2, 0.25) is 5.02 Å². The summed E-state index contributed by atoms with van der Waals surface area (Å²) in [7, 11) is 0. The normalized spacial score (nSPS) is 10.1. The third-order valence-corrected chi connectivity index (χ3v) is 2.83. The summed E-state index contributed by atoms with van der Waals surface area (Å²) in [6.07, 6.45) is 1.96. The van der Waals surface area contributed by atoms with Crippen LogP contribution in [0, 0.1) is 5.41 Å². The molecule has 2 rings (SSSR count). The van der Waals surface area contributed by atoms with E-state index in [-0.39, 0.29) is 0 Å². The van der Waals surface area contributed by atoms with Crippen molar-refractivity contribution in [3.63, 3.8) is 0 Å². The monoisotopic (exact) mass is 229 g/mol. The molecular weight excluding hydrogens is 218 g/mol. The van der Waals surface area contributed by atoms with Crippen LogP contribution >= 0.6 is 11.6 Å². The van der Waals surface area contributed by atoms with Crippen molar-refractivity contribution in [2.24, 2.45) is 0 Å². The molecular formula is C14H12ClN. The van der Waals surface area contributed by atoms with E-state index in [9.17, 15) is 0 Å². The molecule has 0 radical (unpaired) electrons. The van der Waals surface area contributed by atoms with Crippen molar-refractivity contribution in [3.8, 4) is 11.1 Å². The van der Waals surface area contributed by atoms with E-state index in [1.54, 1.807) is 0 Å². The van der Waals surface area contributed by atoms with Crippen LogP contribution < -0.4 is 0 Å². The molecule has 0 aliphatic carbocycles. The van der Waals surface area contributed by atoms with Gasteiger partial charge in [0.05, 0.1) is 0 Å². The molecule has 0 unspecified atom stereocenters. The number of nitrogens with one attached hydrogen (secondary N) is 1. The smallest absolute Gasteiger partial charge is 0.0447 e. The summed E-state index contributed by atoms with van der Waals surface area (Å²) < 4.78 is 0. The van der Waals surface area contributed by atoms with Gasteiger partial charge in [-0.1, -0.05) is 54.1 Å². The minimum Gasteiger partial charge on any atom is -0.313 e. The van der Waals surface area contributed by atoms with Gasteiger partial charge < -0.3 is 5.41 Å². The number of benzene rings is 2. The maximum atomic E-state index is 7.07. The fraction of sp³-hybridized carbons (Fsp3) is 0.0714. The fourth-order valence-corrected chi connectivity index (χ4v) is 1.89. The molecule has 80 valence electrons. The first-order valence-electron chi connectivity index (χ1n) is 5.14. The van der Waals surface area contributed by atoms with Crippen LogP contribution in [0.1, 0.15) is 5.56 Å². The van der Waals surface area contributed by atoms with Gasteiger partial charge in [-0.2, -0.15) is 0 Å². The van der Waals surface area contributed by atoms with Crippen molar-refractivity contribution in [2.45, 2.75) is 6.42 Å². The van der Waals surface area contributed by atoms with Crippen LogP contribution in [0.4, 0.5) is 0 Å². The Morgan fingerprint density at radius 2 is 1.75 bits per heavy atom. The summed E-state index contributed by atoms with van der Waals surface area (Å²) >= 11 is 6.15. The predicted octanol–water partition coefficient (Wildman–Crippen LogP) is 4.20. The molecule has 0 spiro atoms. The number of hydrogen-bond donors (Lipinski definition) is 1. The molecule has 0 amide bonds. The lowest BCUT2D eigenvalue weighted by atomic mass is 10.0. The van der Waals surface area contributed by atoms with Crippen LogP contribution in [-0.2, 0) is 6.42 Å². The Bertz CT molecular complexity index is 491. The van der Waals surface area contributed by atoms with Crippen LogP contribution in [-0.4, -0.2) is 6.21 Å². The van der Waals surface area contributed by atoms with Crippen molar-refractivity contribution in [3.05, 3.63) is 59.1 Å². The zero-order chi connectivity index (χ0) is 11.4. The molecule has 0 bridgehead atoms. The highest BCUT2D eigenvalue weighted by Crippen LogP contribution is 2.25. The summed E-state index contributed by atoms with van der Waals surface area (Å²) in [5.74, 6) is 0. The maximum absolute atomic E-state index is 7.07. The number of rotatable bonds is 3. The zero-order valence-electron chi connectivity index (χ0n) is 8.78. The van der Waals surface area contributed by atoms with Crippen molar-refractivity contribution < 1.29 is 0 Å². The van der Waals surface area contributed by atoms with Crippen LogP contribution in [0.25, 0.3) is 11.1 Å². The second kappa shape index (κ2) is 4.95. The van der Waals surface area contributed by atoms with E-state index in [4.69, 9.17) is 17.0 Å². The first kappa shape index (κ1) is 10.9. The Morgan fingerprint density at radius 3 is 2.38 bits per heavy atom. The Kier molecular flexibility index (Phi) is 3.37. The molecule has 0 saturated heterocycles. The first-order chi connectivity index (χ1) is 7.81. The van der Waals surface area contributed by atoms with Crippen molar-refractivity contribution in [1.29, 1.82) is 5.41 Å². The molecule has 0 fully saturated rings. The second-order valence-corrected chi connectivity index (χ2v) is 3.99. The molecule has 1 nitrogen and oxygen atoms in total. The summed E-state index contributed by atoms with van der Waals surface area (Å²) in [4.78, 5) is 0.